The number of ether oxygens (including phenoxy) is 1. The molecule has 126 valence electrons. The lowest BCUT2D eigenvalue weighted by Crippen LogP contribution is -2.31. The van der Waals surface area contributed by atoms with Crippen LogP contribution in [0.3, 0.4) is 0 Å². The predicted molar refractivity (Wildman–Crippen MR) is 82.6 cm³/mol. The molecule has 6 nitrogen and oxygen atoms in total. The minimum Gasteiger partial charge on any atom is -0.483 e. The summed E-state index contributed by atoms with van der Waals surface area (Å²) in [5, 5.41) is 0. The van der Waals surface area contributed by atoms with Crippen LogP contribution in [-0.4, -0.2) is 29.8 Å². The van der Waals surface area contributed by atoms with Gasteiger partial charge in [0, 0.05) is 13.1 Å². The Morgan fingerprint density at radius 1 is 1.29 bits per heavy atom. The first-order valence-electron chi connectivity index (χ1n) is 7.59. The molecule has 1 aliphatic heterocycles. The second kappa shape index (κ2) is 6.74. The standard InChI is InChI=1S/C17H17FN2O4/c18-13-3-1-2-4-14(13)23-10-12-5-6-15(24-12)17(22)20-8-7-11(9-20)16(19)21/h1-6,11H,7-10H2,(H2,19,21)/t11-/m1/s1. The van der Waals surface area contributed by atoms with Crippen molar-refractivity contribution in [3.05, 3.63) is 53.7 Å². The highest BCUT2D eigenvalue weighted by Gasteiger charge is 2.31. The van der Waals surface area contributed by atoms with E-state index in [1.165, 1.54) is 17.0 Å². The van der Waals surface area contributed by atoms with Crippen molar-refractivity contribution >= 4 is 11.8 Å². The maximum Gasteiger partial charge on any atom is 0.289 e. The van der Waals surface area contributed by atoms with Gasteiger partial charge in [-0.3, -0.25) is 9.59 Å². The van der Waals surface area contributed by atoms with E-state index in [1.54, 1.807) is 24.3 Å². The molecule has 24 heavy (non-hydrogen) atoms. The van der Waals surface area contributed by atoms with Gasteiger partial charge in [-0.1, -0.05) is 12.1 Å². The number of amides is 2. The van der Waals surface area contributed by atoms with Crippen LogP contribution in [0.15, 0.2) is 40.8 Å². The van der Waals surface area contributed by atoms with Crippen molar-refractivity contribution in [1.29, 1.82) is 0 Å². The van der Waals surface area contributed by atoms with Gasteiger partial charge in [0.1, 0.15) is 12.4 Å². The lowest BCUT2D eigenvalue weighted by atomic mass is 10.1. The Hall–Kier alpha value is -2.83. The van der Waals surface area contributed by atoms with Crippen molar-refractivity contribution in [3.63, 3.8) is 0 Å². The van der Waals surface area contributed by atoms with E-state index in [2.05, 4.69) is 0 Å². The number of rotatable bonds is 5. The Balaban J connectivity index is 1.60. The van der Waals surface area contributed by atoms with Crippen LogP contribution in [0.4, 0.5) is 4.39 Å². The molecular weight excluding hydrogens is 315 g/mol. The van der Waals surface area contributed by atoms with Gasteiger partial charge in [-0.2, -0.15) is 0 Å². The van der Waals surface area contributed by atoms with Gasteiger partial charge in [-0.15, -0.1) is 0 Å². The van der Waals surface area contributed by atoms with E-state index >= 15 is 0 Å². The zero-order valence-electron chi connectivity index (χ0n) is 12.9. The van der Waals surface area contributed by atoms with Gasteiger partial charge < -0.3 is 19.8 Å². The molecule has 0 spiro atoms. The van der Waals surface area contributed by atoms with E-state index in [0.29, 0.717) is 25.3 Å². The molecule has 2 aromatic rings. The summed E-state index contributed by atoms with van der Waals surface area (Å²) in [6.45, 7) is 0.780. The maximum atomic E-state index is 13.5. The van der Waals surface area contributed by atoms with Gasteiger partial charge in [-0.05, 0) is 30.7 Å². The van der Waals surface area contributed by atoms with Crippen molar-refractivity contribution in [2.75, 3.05) is 13.1 Å². The second-order valence-electron chi connectivity index (χ2n) is 5.62. The van der Waals surface area contributed by atoms with Gasteiger partial charge in [0.15, 0.2) is 17.3 Å². The minimum atomic E-state index is -0.463. The summed E-state index contributed by atoms with van der Waals surface area (Å²) in [6.07, 6.45) is 0.561. The summed E-state index contributed by atoms with van der Waals surface area (Å²) in [5.74, 6) is -0.785. The SMILES string of the molecule is NC(=O)[C@@H]1CCN(C(=O)c2ccc(COc3ccccc3F)o2)C1. The van der Waals surface area contributed by atoms with Crippen LogP contribution in [0.5, 0.6) is 5.75 Å². The summed E-state index contributed by atoms with van der Waals surface area (Å²) >= 11 is 0. The Morgan fingerprint density at radius 2 is 2.08 bits per heavy atom. The molecular formula is C17H17FN2O4. The van der Waals surface area contributed by atoms with Crippen molar-refractivity contribution in [3.8, 4) is 5.75 Å². The lowest BCUT2D eigenvalue weighted by molar-refractivity contribution is -0.121. The van der Waals surface area contributed by atoms with E-state index in [1.807, 2.05) is 0 Å². The van der Waals surface area contributed by atoms with Gasteiger partial charge in [0.2, 0.25) is 5.91 Å². The first kappa shape index (κ1) is 16.0. The van der Waals surface area contributed by atoms with Crippen LogP contribution in [0.2, 0.25) is 0 Å². The molecule has 1 saturated heterocycles. The topological polar surface area (TPSA) is 85.8 Å². The fraction of sp³-hybridized carbons (Fsp3) is 0.294. The molecule has 1 aromatic heterocycles. The average molecular weight is 332 g/mol. The highest BCUT2D eigenvalue weighted by Crippen LogP contribution is 2.21. The maximum absolute atomic E-state index is 13.5. The number of carbonyl (C=O) groups excluding carboxylic acids is 2. The number of benzene rings is 1. The third-order valence-corrected chi connectivity index (χ3v) is 3.96. The Labute approximate surface area is 138 Å². The quantitative estimate of drug-likeness (QED) is 0.907. The number of halogens is 1. The molecule has 2 N–H and O–H groups in total. The van der Waals surface area contributed by atoms with Gasteiger partial charge in [-0.25, -0.2) is 4.39 Å². The summed E-state index contributed by atoms with van der Waals surface area (Å²) in [5.41, 5.74) is 5.26. The molecule has 1 fully saturated rings. The second-order valence-corrected chi connectivity index (χ2v) is 5.62. The molecule has 0 unspecified atom stereocenters. The lowest BCUT2D eigenvalue weighted by Gasteiger charge is -2.13. The molecule has 0 aliphatic carbocycles. The van der Waals surface area contributed by atoms with Crippen molar-refractivity contribution in [2.24, 2.45) is 11.7 Å². The van der Waals surface area contributed by atoms with E-state index < -0.39 is 11.7 Å². The van der Waals surface area contributed by atoms with Crippen molar-refractivity contribution in [1.82, 2.24) is 4.90 Å². The molecule has 2 heterocycles. The smallest absolute Gasteiger partial charge is 0.289 e. The molecule has 1 aliphatic rings. The number of likely N-dealkylation sites (tertiary alicyclic amines) is 1. The normalized spacial score (nSPS) is 17.0. The number of carbonyl (C=O) groups is 2. The molecule has 1 atom stereocenters. The first-order chi connectivity index (χ1) is 11.5. The van der Waals surface area contributed by atoms with E-state index in [0.717, 1.165) is 0 Å². The summed E-state index contributed by atoms with van der Waals surface area (Å²) in [7, 11) is 0. The number of nitrogens with two attached hydrogens (primary N) is 1. The van der Waals surface area contributed by atoms with Crippen LogP contribution in [0.1, 0.15) is 22.7 Å². The number of furan rings is 1. The minimum absolute atomic E-state index is 0.0120. The number of primary amides is 1. The van der Waals surface area contributed by atoms with E-state index in [9.17, 15) is 14.0 Å². The molecule has 0 bridgehead atoms. The number of hydrogen-bond donors (Lipinski definition) is 1. The van der Waals surface area contributed by atoms with E-state index in [4.69, 9.17) is 14.9 Å². The van der Waals surface area contributed by atoms with Gasteiger partial charge in [0.05, 0.1) is 5.92 Å². The fourth-order valence-electron chi connectivity index (χ4n) is 2.61. The highest BCUT2D eigenvalue weighted by molar-refractivity contribution is 5.92. The van der Waals surface area contributed by atoms with Gasteiger partial charge in [0.25, 0.3) is 5.91 Å². The third kappa shape index (κ3) is 3.40. The highest BCUT2D eigenvalue weighted by atomic mass is 19.1. The van der Waals surface area contributed by atoms with E-state index in [-0.39, 0.29) is 29.9 Å². The monoisotopic (exact) mass is 332 g/mol. The predicted octanol–water partition coefficient (Wildman–Crippen LogP) is 1.95. The summed E-state index contributed by atoms with van der Waals surface area (Å²) in [6, 6.07) is 9.20. The number of hydrogen-bond acceptors (Lipinski definition) is 4. The van der Waals surface area contributed by atoms with Gasteiger partial charge >= 0.3 is 0 Å². The average Bonchev–Trinajstić information content (AvgIpc) is 3.23. The van der Waals surface area contributed by atoms with Crippen molar-refractivity contribution < 1.29 is 23.1 Å². The van der Waals surface area contributed by atoms with Crippen LogP contribution in [0, 0.1) is 11.7 Å². The zero-order chi connectivity index (χ0) is 17.1. The van der Waals surface area contributed by atoms with Crippen molar-refractivity contribution in [2.45, 2.75) is 13.0 Å². The molecule has 0 saturated carbocycles. The Morgan fingerprint density at radius 3 is 2.79 bits per heavy atom. The Bertz CT molecular complexity index is 759. The van der Waals surface area contributed by atoms with Crippen LogP contribution >= 0.6 is 0 Å². The fourth-order valence-corrected chi connectivity index (χ4v) is 2.61. The van der Waals surface area contributed by atoms with Crippen LogP contribution in [0.25, 0.3) is 0 Å². The zero-order valence-corrected chi connectivity index (χ0v) is 12.9. The molecule has 1 aromatic carbocycles. The largest absolute Gasteiger partial charge is 0.483 e. The molecule has 7 heteroatoms. The number of para-hydroxylation sites is 1. The molecule has 2 amide bonds. The summed E-state index contributed by atoms with van der Waals surface area (Å²) in [4.78, 5) is 25.0. The number of nitrogens with zero attached hydrogens (tertiary/aromatic N) is 1. The third-order valence-electron chi connectivity index (χ3n) is 3.96. The first-order valence-corrected chi connectivity index (χ1v) is 7.59. The molecule has 0 radical (unpaired) electrons. The summed E-state index contributed by atoms with van der Waals surface area (Å²) < 4.78 is 24.3. The Kier molecular flexibility index (Phi) is 4.50. The van der Waals surface area contributed by atoms with Crippen LogP contribution in [-0.2, 0) is 11.4 Å². The molecule has 3 rings (SSSR count). The van der Waals surface area contributed by atoms with Crippen LogP contribution < -0.4 is 10.5 Å².